The van der Waals surface area contributed by atoms with Crippen molar-refractivity contribution in [3.05, 3.63) is 42.0 Å². The summed E-state index contributed by atoms with van der Waals surface area (Å²) in [6, 6.07) is 6.73. The average Bonchev–Trinajstić information content (AvgIpc) is 2.70. The molecule has 0 aliphatic heterocycles. The zero-order valence-electron chi connectivity index (χ0n) is 9.05. The topological polar surface area (TPSA) is 46.5 Å². The zero-order chi connectivity index (χ0) is 11.6. The van der Waals surface area contributed by atoms with E-state index in [1.165, 1.54) is 0 Å². The van der Waals surface area contributed by atoms with Gasteiger partial charge in [-0.2, -0.15) is 12.8 Å². The lowest BCUT2D eigenvalue weighted by Gasteiger charge is -2.00. The maximum atomic E-state index is 11.9. The van der Waals surface area contributed by atoms with Gasteiger partial charge < -0.3 is 0 Å². The Morgan fingerprint density at radius 1 is 1.19 bits per heavy atom. The van der Waals surface area contributed by atoms with Gasteiger partial charge in [0.2, 0.25) is 0 Å². The second kappa shape index (κ2) is 4.22. The van der Waals surface area contributed by atoms with Gasteiger partial charge in [-0.3, -0.25) is 0 Å². The molecule has 3 nitrogen and oxygen atoms in total. The predicted molar refractivity (Wildman–Crippen MR) is 64.2 cm³/mol. The molecule has 0 aromatic heterocycles. The summed E-state index contributed by atoms with van der Waals surface area (Å²) in [6.45, 7) is 1.92. The van der Waals surface area contributed by atoms with Gasteiger partial charge >= 0.3 is 0 Å². The van der Waals surface area contributed by atoms with E-state index in [9.17, 15) is 8.42 Å². The number of sulfonamides is 1. The highest BCUT2D eigenvalue weighted by Crippen LogP contribution is 2.16. The van der Waals surface area contributed by atoms with Crippen molar-refractivity contribution in [2.24, 2.45) is 4.40 Å². The monoisotopic (exact) mass is 235 g/mol. The third-order valence-electron chi connectivity index (χ3n) is 2.43. The van der Waals surface area contributed by atoms with Crippen molar-refractivity contribution >= 4 is 15.7 Å². The van der Waals surface area contributed by atoms with Crippen LogP contribution in [0.2, 0.25) is 0 Å². The smallest absolute Gasteiger partial charge is 0.199 e. The number of rotatable bonds is 2. The van der Waals surface area contributed by atoms with Crippen LogP contribution in [0, 0.1) is 6.92 Å². The highest BCUT2D eigenvalue weighted by molar-refractivity contribution is 7.90. The Kier molecular flexibility index (Phi) is 2.92. The SMILES string of the molecule is Cc1ccc(S(=O)(=O)/N=C2\C=CCC2)cc1. The van der Waals surface area contributed by atoms with Crippen LogP contribution in [-0.2, 0) is 10.0 Å². The number of benzene rings is 1. The average molecular weight is 235 g/mol. The van der Waals surface area contributed by atoms with Gasteiger partial charge in [0.1, 0.15) is 0 Å². The van der Waals surface area contributed by atoms with E-state index in [2.05, 4.69) is 4.40 Å². The van der Waals surface area contributed by atoms with Crippen LogP contribution in [0.25, 0.3) is 0 Å². The maximum absolute atomic E-state index is 11.9. The molecule has 0 saturated heterocycles. The van der Waals surface area contributed by atoms with Gasteiger partial charge in [0.05, 0.1) is 10.6 Å². The molecule has 1 aliphatic carbocycles. The van der Waals surface area contributed by atoms with E-state index in [1.54, 1.807) is 30.3 Å². The van der Waals surface area contributed by atoms with Gasteiger partial charge in [0.25, 0.3) is 10.0 Å². The number of hydrogen-bond acceptors (Lipinski definition) is 2. The first-order valence-electron chi connectivity index (χ1n) is 5.15. The van der Waals surface area contributed by atoms with E-state index in [4.69, 9.17) is 0 Å². The summed E-state index contributed by atoms with van der Waals surface area (Å²) in [7, 11) is -3.52. The van der Waals surface area contributed by atoms with Crippen molar-refractivity contribution in [2.45, 2.75) is 24.7 Å². The van der Waals surface area contributed by atoms with E-state index < -0.39 is 10.0 Å². The minimum absolute atomic E-state index is 0.255. The Bertz CT molecular complexity index is 539. The molecule has 0 radical (unpaired) electrons. The maximum Gasteiger partial charge on any atom is 0.282 e. The minimum Gasteiger partial charge on any atom is -0.199 e. The number of nitrogens with zero attached hydrogens (tertiary/aromatic N) is 1. The number of aryl methyl sites for hydroxylation is 1. The molecular weight excluding hydrogens is 222 g/mol. The Labute approximate surface area is 95.6 Å². The quantitative estimate of drug-likeness (QED) is 0.790. The standard InChI is InChI=1S/C12H13NO2S/c1-10-6-8-12(9-7-10)16(14,15)13-11-4-2-3-5-11/h2,4,6-9H,3,5H2,1H3/b13-11+. The fourth-order valence-electron chi connectivity index (χ4n) is 1.53. The molecule has 84 valence electrons. The Morgan fingerprint density at radius 3 is 2.44 bits per heavy atom. The largest absolute Gasteiger partial charge is 0.282 e. The van der Waals surface area contributed by atoms with Crippen LogP contribution in [0.15, 0.2) is 45.7 Å². The Morgan fingerprint density at radius 2 is 1.88 bits per heavy atom. The highest BCUT2D eigenvalue weighted by atomic mass is 32.2. The van der Waals surface area contributed by atoms with Gasteiger partial charge in [-0.25, -0.2) is 0 Å². The summed E-state index contributed by atoms with van der Waals surface area (Å²) < 4.78 is 27.6. The fourth-order valence-corrected chi connectivity index (χ4v) is 2.57. The van der Waals surface area contributed by atoms with Gasteiger partial charge in [-0.15, -0.1) is 0 Å². The van der Waals surface area contributed by atoms with Crippen molar-refractivity contribution in [1.82, 2.24) is 0 Å². The number of hydrogen-bond donors (Lipinski definition) is 0. The van der Waals surface area contributed by atoms with Gasteiger partial charge in [-0.05, 0) is 38.0 Å². The molecule has 0 atom stereocenters. The predicted octanol–water partition coefficient (Wildman–Crippen LogP) is 2.47. The normalized spacial score (nSPS) is 18.2. The van der Waals surface area contributed by atoms with Gasteiger partial charge in [0.15, 0.2) is 0 Å². The van der Waals surface area contributed by atoms with Gasteiger partial charge in [0, 0.05) is 0 Å². The summed E-state index contributed by atoms with van der Waals surface area (Å²) in [5.41, 5.74) is 1.67. The Balaban J connectivity index is 2.35. The molecule has 0 unspecified atom stereocenters. The lowest BCUT2D eigenvalue weighted by molar-refractivity contribution is 0.598. The van der Waals surface area contributed by atoms with Crippen molar-refractivity contribution < 1.29 is 8.42 Å². The molecule has 0 amide bonds. The number of allylic oxidation sites excluding steroid dienone is 2. The van der Waals surface area contributed by atoms with E-state index in [0.29, 0.717) is 12.1 Å². The second-order valence-electron chi connectivity index (χ2n) is 3.81. The molecule has 16 heavy (non-hydrogen) atoms. The lowest BCUT2D eigenvalue weighted by atomic mass is 10.2. The zero-order valence-corrected chi connectivity index (χ0v) is 9.87. The van der Waals surface area contributed by atoms with Gasteiger partial charge in [-0.1, -0.05) is 23.8 Å². The molecule has 2 rings (SSSR count). The molecule has 1 aromatic carbocycles. The molecule has 4 heteroatoms. The van der Waals surface area contributed by atoms with Crippen molar-refractivity contribution in [3.8, 4) is 0 Å². The van der Waals surface area contributed by atoms with Crippen LogP contribution in [0.3, 0.4) is 0 Å². The molecule has 0 N–H and O–H groups in total. The van der Waals surface area contributed by atoms with Crippen LogP contribution >= 0.6 is 0 Å². The summed E-state index contributed by atoms with van der Waals surface area (Å²) in [5.74, 6) is 0. The molecule has 0 heterocycles. The van der Waals surface area contributed by atoms with E-state index in [-0.39, 0.29) is 4.90 Å². The second-order valence-corrected chi connectivity index (χ2v) is 5.42. The van der Waals surface area contributed by atoms with Crippen LogP contribution in [0.4, 0.5) is 0 Å². The van der Waals surface area contributed by atoms with E-state index >= 15 is 0 Å². The van der Waals surface area contributed by atoms with Crippen molar-refractivity contribution in [2.75, 3.05) is 0 Å². The first-order valence-corrected chi connectivity index (χ1v) is 6.59. The first-order chi connectivity index (χ1) is 7.58. The Hall–Kier alpha value is -1.42. The van der Waals surface area contributed by atoms with Crippen LogP contribution in [0.1, 0.15) is 18.4 Å². The van der Waals surface area contributed by atoms with Crippen LogP contribution in [-0.4, -0.2) is 14.1 Å². The summed E-state index contributed by atoms with van der Waals surface area (Å²) in [5, 5.41) is 0. The molecule has 0 bridgehead atoms. The van der Waals surface area contributed by atoms with Crippen LogP contribution < -0.4 is 0 Å². The third-order valence-corrected chi connectivity index (χ3v) is 3.78. The summed E-state index contributed by atoms with van der Waals surface area (Å²) >= 11 is 0. The van der Waals surface area contributed by atoms with Crippen molar-refractivity contribution in [3.63, 3.8) is 0 Å². The van der Waals surface area contributed by atoms with E-state index in [1.807, 2.05) is 13.0 Å². The third kappa shape index (κ3) is 2.39. The molecule has 0 fully saturated rings. The lowest BCUT2D eigenvalue weighted by Crippen LogP contribution is -2.01. The molecule has 1 aromatic rings. The minimum atomic E-state index is -3.52. The molecule has 1 aliphatic rings. The molecule has 0 spiro atoms. The fraction of sp³-hybridized carbons (Fsp3) is 0.250. The summed E-state index contributed by atoms with van der Waals surface area (Å²) in [6.07, 6.45) is 5.29. The van der Waals surface area contributed by atoms with E-state index in [0.717, 1.165) is 12.0 Å². The first kappa shape index (κ1) is 11.1. The summed E-state index contributed by atoms with van der Waals surface area (Å²) in [4.78, 5) is 0.255. The van der Waals surface area contributed by atoms with Crippen molar-refractivity contribution in [1.29, 1.82) is 0 Å². The molecule has 0 saturated carbocycles. The highest BCUT2D eigenvalue weighted by Gasteiger charge is 2.14. The van der Waals surface area contributed by atoms with Crippen LogP contribution in [0.5, 0.6) is 0 Å². The molecular formula is C12H13NO2S.